The van der Waals surface area contributed by atoms with Gasteiger partial charge < -0.3 is 5.32 Å². The van der Waals surface area contributed by atoms with Crippen molar-refractivity contribution in [2.75, 3.05) is 11.2 Å². The molecule has 0 saturated heterocycles. The van der Waals surface area contributed by atoms with E-state index < -0.39 is 39.7 Å². The molecule has 0 aromatic heterocycles. The maximum absolute atomic E-state index is 12.8. The average Bonchev–Trinajstić information content (AvgIpc) is 2.22. The molecule has 0 radical (unpaired) electrons. The topological polar surface area (TPSA) is 72.2 Å². The fraction of sp³-hybridized carbons (Fsp3) is 0.125. The molecule has 0 bridgehead atoms. The number of benzene rings is 1. The van der Waals surface area contributed by atoms with Gasteiger partial charge in [-0.2, -0.15) is 0 Å². The molecule has 8 heteroatoms. The quantitative estimate of drug-likeness (QED) is 0.507. The van der Waals surface area contributed by atoms with E-state index in [1.165, 1.54) is 0 Å². The van der Waals surface area contributed by atoms with Crippen LogP contribution in [-0.4, -0.2) is 16.7 Å². The molecule has 16 heavy (non-hydrogen) atoms. The lowest BCUT2D eigenvalue weighted by atomic mass is 10.2. The van der Waals surface area contributed by atoms with Crippen LogP contribution in [0.4, 0.5) is 20.2 Å². The zero-order chi connectivity index (χ0) is 12.3. The fourth-order valence-electron chi connectivity index (χ4n) is 0.971. The Bertz CT molecular complexity index is 453. The summed E-state index contributed by atoms with van der Waals surface area (Å²) in [5, 5.41) is 12.5. The number of amides is 1. The fourth-order valence-corrected chi connectivity index (χ4v) is 1.04. The molecule has 0 aliphatic rings. The van der Waals surface area contributed by atoms with E-state index in [0.29, 0.717) is 12.1 Å². The van der Waals surface area contributed by atoms with Gasteiger partial charge in [-0.3, -0.25) is 14.9 Å². The third-order valence-electron chi connectivity index (χ3n) is 1.63. The van der Waals surface area contributed by atoms with Gasteiger partial charge in [-0.1, -0.05) is 0 Å². The number of nitrogens with one attached hydrogen (secondary N) is 1. The van der Waals surface area contributed by atoms with Crippen LogP contribution < -0.4 is 5.32 Å². The maximum Gasteiger partial charge on any atom is 0.295 e. The van der Waals surface area contributed by atoms with Gasteiger partial charge in [-0.15, -0.1) is 11.6 Å². The first-order valence-corrected chi connectivity index (χ1v) is 4.48. The summed E-state index contributed by atoms with van der Waals surface area (Å²) in [6, 6.07) is 0.914. The Kier molecular flexibility index (Phi) is 3.73. The summed E-state index contributed by atoms with van der Waals surface area (Å²) in [6.45, 7) is 0. The minimum absolute atomic E-state index is 0.388. The van der Waals surface area contributed by atoms with Crippen molar-refractivity contribution < 1.29 is 18.5 Å². The predicted molar refractivity (Wildman–Crippen MR) is 52.4 cm³/mol. The lowest BCUT2D eigenvalue weighted by Crippen LogP contribution is -2.14. The van der Waals surface area contributed by atoms with Gasteiger partial charge in [-0.25, -0.2) is 8.78 Å². The van der Waals surface area contributed by atoms with Gasteiger partial charge in [0.05, 0.1) is 11.0 Å². The first-order valence-electron chi connectivity index (χ1n) is 3.95. The summed E-state index contributed by atoms with van der Waals surface area (Å²) < 4.78 is 25.5. The van der Waals surface area contributed by atoms with Crippen molar-refractivity contribution in [3.8, 4) is 0 Å². The molecule has 0 heterocycles. The van der Waals surface area contributed by atoms with Crippen LogP contribution in [0.5, 0.6) is 0 Å². The van der Waals surface area contributed by atoms with Crippen molar-refractivity contribution in [2.24, 2.45) is 0 Å². The molecule has 0 aliphatic heterocycles. The molecule has 0 aliphatic carbocycles. The Hall–Kier alpha value is -1.76. The van der Waals surface area contributed by atoms with E-state index >= 15 is 0 Å². The molecule has 0 unspecified atom stereocenters. The van der Waals surface area contributed by atoms with Crippen molar-refractivity contribution >= 4 is 28.9 Å². The Balaban J connectivity index is 3.19. The molecule has 5 nitrogen and oxygen atoms in total. The van der Waals surface area contributed by atoms with Crippen LogP contribution in [0.25, 0.3) is 0 Å². The Morgan fingerprint density at radius 2 is 2.00 bits per heavy atom. The van der Waals surface area contributed by atoms with Crippen LogP contribution in [0.15, 0.2) is 12.1 Å². The number of halogens is 3. The zero-order valence-corrected chi connectivity index (χ0v) is 8.42. The number of hydrogen-bond acceptors (Lipinski definition) is 3. The lowest BCUT2D eigenvalue weighted by molar-refractivity contribution is -0.384. The van der Waals surface area contributed by atoms with Gasteiger partial charge in [-0.05, 0) is 0 Å². The van der Waals surface area contributed by atoms with Gasteiger partial charge in [0.2, 0.25) is 5.91 Å². The second kappa shape index (κ2) is 4.84. The lowest BCUT2D eigenvalue weighted by Gasteiger charge is -2.04. The largest absolute Gasteiger partial charge is 0.319 e. The van der Waals surface area contributed by atoms with Crippen molar-refractivity contribution in [1.29, 1.82) is 0 Å². The molecule has 1 aromatic carbocycles. The number of nitrogens with zero attached hydrogens (tertiary/aromatic N) is 1. The van der Waals surface area contributed by atoms with Crippen molar-refractivity contribution in [2.45, 2.75) is 0 Å². The Morgan fingerprint density at radius 3 is 2.50 bits per heavy atom. The van der Waals surface area contributed by atoms with Crippen LogP contribution >= 0.6 is 11.6 Å². The van der Waals surface area contributed by atoms with Crippen LogP contribution in [0.2, 0.25) is 0 Å². The first-order chi connectivity index (χ1) is 7.45. The van der Waals surface area contributed by atoms with E-state index in [1.54, 1.807) is 0 Å². The van der Waals surface area contributed by atoms with E-state index in [4.69, 9.17) is 11.6 Å². The monoisotopic (exact) mass is 250 g/mol. The average molecular weight is 251 g/mol. The van der Waals surface area contributed by atoms with Crippen LogP contribution in [0.1, 0.15) is 0 Å². The standard InChI is InChI=1S/C8H5ClF2N2O3/c9-3-8(14)12-6-1-4(10)5(11)2-7(6)13(15)16/h1-2H,3H2,(H,12,14). The van der Waals surface area contributed by atoms with Gasteiger partial charge >= 0.3 is 0 Å². The number of carbonyl (C=O) groups excluding carboxylic acids is 1. The SMILES string of the molecule is O=C(CCl)Nc1cc(F)c(F)cc1[N+](=O)[O-]. The highest BCUT2D eigenvalue weighted by Gasteiger charge is 2.19. The molecular weight excluding hydrogens is 246 g/mol. The molecule has 0 fully saturated rings. The molecule has 1 amide bonds. The Morgan fingerprint density at radius 1 is 1.44 bits per heavy atom. The molecule has 1 aromatic rings. The maximum atomic E-state index is 12.8. The number of nitro groups is 1. The summed E-state index contributed by atoms with van der Waals surface area (Å²) in [6.07, 6.45) is 0. The molecular formula is C8H5ClF2N2O3. The number of anilines is 1. The summed E-state index contributed by atoms with van der Waals surface area (Å²) >= 11 is 5.16. The van der Waals surface area contributed by atoms with Gasteiger partial charge in [0, 0.05) is 6.07 Å². The minimum Gasteiger partial charge on any atom is -0.319 e. The third-order valence-corrected chi connectivity index (χ3v) is 1.87. The molecule has 1 rings (SSSR count). The summed E-state index contributed by atoms with van der Waals surface area (Å²) in [4.78, 5) is 20.4. The third kappa shape index (κ3) is 2.63. The predicted octanol–water partition coefficient (Wildman–Crippen LogP) is 2.05. The van der Waals surface area contributed by atoms with Crippen molar-refractivity contribution in [3.05, 3.63) is 33.9 Å². The molecule has 1 N–H and O–H groups in total. The molecule has 0 atom stereocenters. The number of carbonyl (C=O) groups is 1. The highest BCUT2D eigenvalue weighted by Crippen LogP contribution is 2.26. The molecule has 0 spiro atoms. The minimum atomic E-state index is -1.37. The number of alkyl halides is 1. The number of hydrogen-bond donors (Lipinski definition) is 1. The first kappa shape index (κ1) is 12.3. The van der Waals surface area contributed by atoms with Gasteiger partial charge in [0.1, 0.15) is 11.6 Å². The van der Waals surface area contributed by atoms with Crippen LogP contribution in [-0.2, 0) is 4.79 Å². The molecule has 0 saturated carbocycles. The number of rotatable bonds is 3. The van der Waals surface area contributed by atoms with Gasteiger partial charge in [0.15, 0.2) is 11.6 Å². The van der Waals surface area contributed by atoms with Crippen molar-refractivity contribution in [1.82, 2.24) is 0 Å². The molecule has 86 valence electrons. The second-order valence-electron chi connectivity index (χ2n) is 2.72. The summed E-state index contributed by atoms with van der Waals surface area (Å²) in [7, 11) is 0. The highest BCUT2D eigenvalue weighted by molar-refractivity contribution is 6.29. The van der Waals surface area contributed by atoms with E-state index in [1.807, 2.05) is 5.32 Å². The Labute approximate surface area is 93.2 Å². The normalized spacial score (nSPS) is 9.94. The van der Waals surface area contributed by atoms with E-state index in [2.05, 4.69) is 0 Å². The van der Waals surface area contributed by atoms with E-state index in [9.17, 15) is 23.7 Å². The highest BCUT2D eigenvalue weighted by atomic mass is 35.5. The van der Waals surface area contributed by atoms with E-state index in [-0.39, 0.29) is 0 Å². The van der Waals surface area contributed by atoms with Crippen molar-refractivity contribution in [3.63, 3.8) is 0 Å². The summed E-state index contributed by atoms with van der Waals surface area (Å²) in [5.74, 6) is -3.86. The van der Waals surface area contributed by atoms with Crippen LogP contribution in [0.3, 0.4) is 0 Å². The smallest absolute Gasteiger partial charge is 0.295 e. The summed E-state index contributed by atoms with van der Waals surface area (Å²) in [5.41, 5.74) is -1.17. The zero-order valence-electron chi connectivity index (χ0n) is 7.67. The second-order valence-corrected chi connectivity index (χ2v) is 2.99. The van der Waals surface area contributed by atoms with Crippen LogP contribution in [0, 0.1) is 21.7 Å². The van der Waals surface area contributed by atoms with E-state index in [0.717, 1.165) is 0 Å². The van der Waals surface area contributed by atoms with Gasteiger partial charge in [0.25, 0.3) is 5.69 Å². The number of nitro benzene ring substituents is 1.